The molecule has 19 heavy (non-hydrogen) atoms. The zero-order chi connectivity index (χ0) is 14.3. The first-order chi connectivity index (χ1) is 8.97. The highest BCUT2D eigenvalue weighted by Crippen LogP contribution is 2.18. The Morgan fingerprint density at radius 2 is 1.84 bits per heavy atom. The fraction of sp³-hybridized carbons (Fsp3) is 0.533. The number of nitrogens with one attached hydrogen (secondary N) is 1. The van der Waals surface area contributed by atoms with Crippen molar-refractivity contribution in [3.8, 4) is 0 Å². The second kappa shape index (κ2) is 8.10. The lowest BCUT2D eigenvalue weighted by atomic mass is 10.0. The van der Waals surface area contributed by atoms with Gasteiger partial charge < -0.3 is 11.1 Å². The maximum atomic E-state index is 11.8. The molecule has 0 saturated heterocycles. The van der Waals surface area contributed by atoms with Crippen LogP contribution in [0.4, 0.5) is 5.69 Å². The minimum atomic E-state index is 0.0954. The summed E-state index contributed by atoms with van der Waals surface area (Å²) in [5.74, 6) is 1.23. The summed E-state index contributed by atoms with van der Waals surface area (Å²) < 4.78 is 0. The molecule has 0 aliphatic carbocycles. The minimum Gasteiger partial charge on any atom is -0.399 e. The van der Waals surface area contributed by atoms with Crippen LogP contribution in [0.2, 0.25) is 0 Å². The summed E-state index contributed by atoms with van der Waals surface area (Å²) in [7, 11) is 0. The van der Waals surface area contributed by atoms with Crippen LogP contribution in [0.15, 0.2) is 29.2 Å². The number of anilines is 1. The molecule has 1 unspecified atom stereocenters. The molecule has 4 heteroatoms. The zero-order valence-electron chi connectivity index (χ0n) is 12.0. The van der Waals surface area contributed by atoms with E-state index in [0.29, 0.717) is 11.7 Å². The van der Waals surface area contributed by atoms with Gasteiger partial charge in [-0.1, -0.05) is 13.8 Å². The highest BCUT2D eigenvalue weighted by atomic mass is 32.2. The maximum Gasteiger partial charge on any atom is 0.230 e. The van der Waals surface area contributed by atoms with Gasteiger partial charge in [0, 0.05) is 16.6 Å². The topological polar surface area (TPSA) is 55.1 Å². The summed E-state index contributed by atoms with van der Waals surface area (Å²) in [6, 6.07) is 7.84. The van der Waals surface area contributed by atoms with Gasteiger partial charge in [0.05, 0.1) is 5.75 Å². The molecular formula is C15H24N2OS. The molecule has 1 aromatic rings. The average molecular weight is 280 g/mol. The fourth-order valence-corrected chi connectivity index (χ4v) is 2.39. The first-order valence-corrected chi connectivity index (χ1v) is 7.73. The van der Waals surface area contributed by atoms with Crippen LogP contribution in [0, 0.1) is 5.92 Å². The van der Waals surface area contributed by atoms with E-state index in [1.165, 1.54) is 11.8 Å². The van der Waals surface area contributed by atoms with Crippen LogP contribution >= 0.6 is 11.8 Å². The van der Waals surface area contributed by atoms with Crippen molar-refractivity contribution in [2.24, 2.45) is 5.92 Å². The molecule has 1 rings (SSSR count). The summed E-state index contributed by atoms with van der Waals surface area (Å²) in [5.41, 5.74) is 6.36. The van der Waals surface area contributed by atoms with E-state index in [4.69, 9.17) is 5.73 Å². The Balaban J connectivity index is 2.25. The van der Waals surface area contributed by atoms with Crippen molar-refractivity contribution in [3.05, 3.63) is 24.3 Å². The lowest BCUT2D eigenvalue weighted by molar-refractivity contribution is -0.119. The third-order valence-electron chi connectivity index (χ3n) is 2.83. The molecule has 0 spiro atoms. The maximum absolute atomic E-state index is 11.8. The molecule has 0 aliphatic heterocycles. The number of amides is 1. The van der Waals surface area contributed by atoms with Gasteiger partial charge in [-0.3, -0.25) is 4.79 Å². The first kappa shape index (κ1) is 15.9. The van der Waals surface area contributed by atoms with E-state index in [1.807, 2.05) is 24.3 Å². The summed E-state index contributed by atoms with van der Waals surface area (Å²) in [5, 5.41) is 3.03. The van der Waals surface area contributed by atoms with Gasteiger partial charge in [0.25, 0.3) is 0 Å². The van der Waals surface area contributed by atoms with Crippen LogP contribution in [-0.4, -0.2) is 17.7 Å². The number of hydrogen-bond acceptors (Lipinski definition) is 3. The molecule has 0 heterocycles. The molecule has 0 saturated carbocycles. The van der Waals surface area contributed by atoms with Gasteiger partial charge in [0.1, 0.15) is 0 Å². The molecule has 0 bridgehead atoms. The van der Waals surface area contributed by atoms with Gasteiger partial charge in [0.15, 0.2) is 0 Å². The molecule has 3 nitrogen and oxygen atoms in total. The van der Waals surface area contributed by atoms with Crippen molar-refractivity contribution >= 4 is 23.4 Å². The lowest BCUT2D eigenvalue weighted by Gasteiger charge is -2.14. The average Bonchev–Trinajstić information content (AvgIpc) is 2.36. The Kier molecular flexibility index (Phi) is 6.78. The Bertz CT molecular complexity index is 390. The Morgan fingerprint density at radius 3 is 2.42 bits per heavy atom. The van der Waals surface area contributed by atoms with E-state index in [-0.39, 0.29) is 11.9 Å². The molecule has 1 amide bonds. The van der Waals surface area contributed by atoms with Gasteiger partial charge in [-0.2, -0.15) is 0 Å². The third kappa shape index (κ3) is 7.11. The minimum absolute atomic E-state index is 0.0954. The van der Waals surface area contributed by atoms with E-state index >= 15 is 0 Å². The van der Waals surface area contributed by atoms with Gasteiger partial charge >= 0.3 is 0 Å². The van der Waals surface area contributed by atoms with E-state index in [9.17, 15) is 4.79 Å². The Hall–Kier alpha value is -1.16. The van der Waals surface area contributed by atoms with Crippen LogP contribution in [0.25, 0.3) is 0 Å². The number of benzene rings is 1. The van der Waals surface area contributed by atoms with Gasteiger partial charge in [-0.05, 0) is 49.9 Å². The van der Waals surface area contributed by atoms with Crippen molar-refractivity contribution in [2.75, 3.05) is 11.5 Å². The van der Waals surface area contributed by atoms with Gasteiger partial charge in [0.2, 0.25) is 5.91 Å². The number of carbonyl (C=O) groups excluding carboxylic acids is 1. The Morgan fingerprint density at radius 1 is 1.21 bits per heavy atom. The van der Waals surface area contributed by atoms with E-state index < -0.39 is 0 Å². The predicted octanol–water partition coefficient (Wildman–Crippen LogP) is 3.30. The van der Waals surface area contributed by atoms with Crippen LogP contribution in [0.1, 0.15) is 33.6 Å². The van der Waals surface area contributed by atoms with E-state index in [2.05, 4.69) is 26.1 Å². The highest BCUT2D eigenvalue weighted by molar-refractivity contribution is 8.00. The predicted molar refractivity (Wildman–Crippen MR) is 83.3 cm³/mol. The number of nitrogen functional groups attached to an aromatic ring is 1. The first-order valence-electron chi connectivity index (χ1n) is 6.75. The molecule has 106 valence electrons. The standard InChI is InChI=1S/C15H24N2OS/c1-11(2)4-5-12(3)17-15(18)10-19-14-8-6-13(16)7-9-14/h6-9,11-12H,4-5,10,16H2,1-3H3,(H,17,18). The van der Waals surface area contributed by atoms with Gasteiger partial charge in [-0.15, -0.1) is 11.8 Å². The second-order valence-electron chi connectivity index (χ2n) is 5.30. The lowest BCUT2D eigenvalue weighted by Crippen LogP contribution is -2.33. The van der Waals surface area contributed by atoms with Crippen LogP contribution in [0.5, 0.6) is 0 Å². The molecule has 0 aliphatic rings. The Labute approximate surface area is 120 Å². The van der Waals surface area contributed by atoms with Crippen LogP contribution < -0.4 is 11.1 Å². The molecule has 0 aromatic heterocycles. The largest absolute Gasteiger partial charge is 0.399 e. The van der Waals surface area contributed by atoms with Crippen molar-refractivity contribution in [2.45, 2.75) is 44.6 Å². The number of rotatable bonds is 7. The number of nitrogens with two attached hydrogens (primary N) is 1. The molecule has 1 aromatic carbocycles. The monoisotopic (exact) mass is 280 g/mol. The molecule has 0 radical (unpaired) electrons. The fourth-order valence-electron chi connectivity index (χ4n) is 1.68. The zero-order valence-corrected chi connectivity index (χ0v) is 12.8. The SMILES string of the molecule is CC(C)CCC(C)NC(=O)CSc1ccc(N)cc1. The van der Waals surface area contributed by atoms with Gasteiger partial charge in [-0.25, -0.2) is 0 Å². The highest BCUT2D eigenvalue weighted by Gasteiger charge is 2.08. The smallest absolute Gasteiger partial charge is 0.230 e. The quantitative estimate of drug-likeness (QED) is 0.595. The second-order valence-corrected chi connectivity index (χ2v) is 6.35. The molecular weight excluding hydrogens is 256 g/mol. The summed E-state index contributed by atoms with van der Waals surface area (Å²) >= 11 is 1.54. The number of hydrogen-bond donors (Lipinski definition) is 2. The van der Waals surface area contributed by atoms with Crippen molar-refractivity contribution < 1.29 is 4.79 Å². The number of thioether (sulfide) groups is 1. The molecule has 0 fully saturated rings. The van der Waals surface area contributed by atoms with Crippen molar-refractivity contribution in [1.29, 1.82) is 0 Å². The summed E-state index contributed by atoms with van der Waals surface area (Å²) in [6.45, 7) is 6.46. The molecule has 3 N–H and O–H groups in total. The summed E-state index contributed by atoms with van der Waals surface area (Å²) in [6.07, 6.45) is 2.18. The van der Waals surface area contributed by atoms with Crippen LogP contribution in [0.3, 0.4) is 0 Å². The van der Waals surface area contributed by atoms with E-state index in [1.54, 1.807) is 0 Å². The summed E-state index contributed by atoms with van der Waals surface area (Å²) in [4.78, 5) is 12.9. The molecule has 1 atom stereocenters. The normalized spacial score (nSPS) is 12.4. The van der Waals surface area contributed by atoms with E-state index in [0.717, 1.165) is 23.4 Å². The number of carbonyl (C=O) groups is 1. The van der Waals surface area contributed by atoms with Crippen LogP contribution in [-0.2, 0) is 4.79 Å². The third-order valence-corrected chi connectivity index (χ3v) is 3.85. The van der Waals surface area contributed by atoms with Crippen molar-refractivity contribution in [3.63, 3.8) is 0 Å². The van der Waals surface area contributed by atoms with Crippen molar-refractivity contribution in [1.82, 2.24) is 5.32 Å².